The maximum Gasteiger partial charge on any atom is 0.245 e. The maximum absolute atomic E-state index is 13.7. The van der Waals surface area contributed by atoms with Gasteiger partial charge in [0.1, 0.15) is 36.3 Å². The van der Waals surface area contributed by atoms with Crippen molar-refractivity contribution in [3.8, 4) is 0 Å². The first kappa shape index (κ1) is 41.8. The predicted molar refractivity (Wildman–Crippen MR) is 178 cm³/mol. The molecule has 14 N–H and O–H groups in total. The highest BCUT2D eigenvalue weighted by molar-refractivity contribution is 5.97. The molecule has 0 saturated carbocycles. The maximum atomic E-state index is 13.7. The number of aromatic amines is 2. The summed E-state index contributed by atoms with van der Waals surface area (Å²) >= 11 is 0. The minimum atomic E-state index is -1.61. The highest BCUT2D eigenvalue weighted by Crippen LogP contribution is 2.06. The molecule has 0 fully saturated rings. The number of hydrogen-bond donors (Lipinski definition) is 12. The van der Waals surface area contributed by atoms with E-state index in [0.717, 1.165) is 6.92 Å². The summed E-state index contributed by atoms with van der Waals surface area (Å²) in [6.07, 6.45) is 5.31. The van der Waals surface area contributed by atoms with E-state index in [-0.39, 0.29) is 19.3 Å². The molecule has 0 radical (unpaired) electrons. The Morgan fingerprint density at radius 2 is 1.22 bits per heavy atom. The van der Waals surface area contributed by atoms with Crippen LogP contribution >= 0.6 is 0 Å². The standard InChI is InChI=1S/C30H48N12O9/c1-15(37-30(51)24(16(2)44)38-17(3)45)26(47)42-23(12-43)29(50)41-22(9-19-11-34-14-36-19)28(49)40-21(8-18-10-33-13-35-18)27(48)39-20(25(32)46)6-4-5-7-31/h10-11,13-16,20-24,43-44H,4-9,12,31H2,1-3H3,(H2,32,46)(H,33,35)(H,34,36)(H,37,51)(H,38,45)(H,39,48)(H,40,49)(H,41,50)(H,42,47)/t15-,16+,20-,21-,22-,23-,24-/m0/s1. The lowest BCUT2D eigenvalue weighted by Gasteiger charge is -2.26. The van der Waals surface area contributed by atoms with Crippen LogP contribution < -0.4 is 43.4 Å². The second kappa shape index (κ2) is 21.0. The minimum Gasteiger partial charge on any atom is -0.394 e. The van der Waals surface area contributed by atoms with Crippen molar-refractivity contribution in [2.75, 3.05) is 13.2 Å². The van der Waals surface area contributed by atoms with E-state index in [0.29, 0.717) is 30.8 Å². The summed E-state index contributed by atoms with van der Waals surface area (Å²) in [6, 6.07) is -7.98. The first-order valence-corrected chi connectivity index (χ1v) is 16.2. The third-order valence-electron chi connectivity index (χ3n) is 7.52. The van der Waals surface area contributed by atoms with Crippen molar-refractivity contribution >= 4 is 41.4 Å². The fraction of sp³-hybridized carbons (Fsp3) is 0.567. The fourth-order valence-corrected chi connectivity index (χ4v) is 4.73. The van der Waals surface area contributed by atoms with Crippen molar-refractivity contribution in [3.63, 3.8) is 0 Å². The molecule has 7 amide bonds. The Morgan fingerprint density at radius 1 is 0.725 bits per heavy atom. The smallest absolute Gasteiger partial charge is 0.245 e. The van der Waals surface area contributed by atoms with Crippen LogP contribution in [0.5, 0.6) is 0 Å². The molecule has 2 heterocycles. The number of carbonyl (C=O) groups excluding carboxylic acids is 7. The number of amides is 7. The first-order valence-electron chi connectivity index (χ1n) is 16.2. The molecule has 2 aromatic rings. The van der Waals surface area contributed by atoms with Crippen LogP contribution in [0, 0.1) is 0 Å². The average molecular weight is 721 g/mol. The van der Waals surface area contributed by atoms with Gasteiger partial charge in [-0.3, -0.25) is 33.6 Å². The van der Waals surface area contributed by atoms with E-state index in [1.165, 1.54) is 38.9 Å². The van der Waals surface area contributed by atoms with Crippen molar-refractivity contribution in [2.45, 2.75) is 95.2 Å². The van der Waals surface area contributed by atoms with E-state index >= 15 is 0 Å². The zero-order valence-corrected chi connectivity index (χ0v) is 28.6. The molecule has 0 aliphatic carbocycles. The zero-order valence-electron chi connectivity index (χ0n) is 28.6. The summed E-state index contributed by atoms with van der Waals surface area (Å²) in [5.74, 6) is -5.75. The van der Waals surface area contributed by atoms with Crippen LogP contribution in [-0.4, -0.2) is 127 Å². The molecule has 0 spiro atoms. The topological polar surface area (TPSA) is 342 Å². The summed E-state index contributed by atoms with van der Waals surface area (Å²) in [6.45, 7) is 3.14. The summed E-state index contributed by atoms with van der Waals surface area (Å²) in [7, 11) is 0. The number of unbranched alkanes of at least 4 members (excludes halogenated alkanes) is 1. The van der Waals surface area contributed by atoms with Crippen molar-refractivity contribution in [1.29, 1.82) is 0 Å². The third kappa shape index (κ3) is 14.2. The number of primary amides is 1. The average Bonchev–Trinajstić information content (AvgIpc) is 3.79. The Hall–Kier alpha value is -5.41. The molecular weight excluding hydrogens is 672 g/mol. The van der Waals surface area contributed by atoms with Gasteiger partial charge in [0, 0.05) is 43.5 Å². The van der Waals surface area contributed by atoms with Gasteiger partial charge in [0.05, 0.1) is 25.4 Å². The van der Waals surface area contributed by atoms with Gasteiger partial charge in [-0.25, -0.2) is 9.97 Å². The van der Waals surface area contributed by atoms with Crippen LogP contribution in [0.1, 0.15) is 51.4 Å². The Balaban J connectivity index is 2.22. The largest absolute Gasteiger partial charge is 0.394 e. The molecule has 51 heavy (non-hydrogen) atoms. The van der Waals surface area contributed by atoms with Gasteiger partial charge >= 0.3 is 0 Å². The van der Waals surface area contributed by atoms with E-state index in [4.69, 9.17) is 11.5 Å². The molecule has 0 saturated heterocycles. The second-order valence-electron chi connectivity index (χ2n) is 11.8. The van der Waals surface area contributed by atoms with Crippen molar-refractivity contribution in [2.24, 2.45) is 11.5 Å². The Bertz CT molecular complexity index is 1450. The highest BCUT2D eigenvalue weighted by Gasteiger charge is 2.33. The minimum absolute atomic E-state index is 0.0899. The van der Waals surface area contributed by atoms with Crippen LogP contribution in [0.15, 0.2) is 25.0 Å². The normalized spacial score (nSPS) is 15.1. The SMILES string of the molecule is CC(=O)N[C@H](C(=O)N[C@@H](C)C(=O)N[C@@H](CO)C(=O)N[C@@H](Cc1cnc[nH]1)C(=O)N[C@@H](Cc1cnc[nH]1)C(=O)N[C@@H](CCCCN)C(N)=O)[C@@H](C)O. The Kier molecular flexibility index (Phi) is 17.2. The number of aliphatic hydroxyl groups is 2. The van der Waals surface area contributed by atoms with E-state index < -0.39 is 90.3 Å². The number of hydrogen-bond acceptors (Lipinski definition) is 12. The van der Waals surface area contributed by atoms with Gasteiger partial charge in [-0.05, 0) is 39.7 Å². The van der Waals surface area contributed by atoms with Gasteiger partial charge in [-0.15, -0.1) is 0 Å². The molecule has 282 valence electrons. The van der Waals surface area contributed by atoms with Gasteiger partial charge in [0.2, 0.25) is 41.4 Å². The Labute approximate surface area is 293 Å². The van der Waals surface area contributed by atoms with Gasteiger partial charge in [0.25, 0.3) is 0 Å². The molecule has 0 aliphatic rings. The molecule has 21 nitrogen and oxygen atoms in total. The van der Waals surface area contributed by atoms with Crippen molar-refractivity contribution in [3.05, 3.63) is 36.4 Å². The zero-order chi connectivity index (χ0) is 38.1. The fourth-order valence-electron chi connectivity index (χ4n) is 4.73. The molecule has 2 rings (SSSR count). The summed E-state index contributed by atoms with van der Waals surface area (Å²) in [5.41, 5.74) is 11.9. The van der Waals surface area contributed by atoms with E-state index in [2.05, 4.69) is 51.8 Å². The van der Waals surface area contributed by atoms with Gasteiger partial charge in [-0.1, -0.05) is 0 Å². The van der Waals surface area contributed by atoms with Crippen molar-refractivity contribution < 1.29 is 43.8 Å². The number of nitrogens with one attached hydrogen (secondary N) is 8. The molecule has 7 atom stereocenters. The molecule has 0 unspecified atom stereocenters. The van der Waals surface area contributed by atoms with Crippen molar-refractivity contribution in [1.82, 2.24) is 51.8 Å². The highest BCUT2D eigenvalue weighted by atomic mass is 16.3. The van der Waals surface area contributed by atoms with Crippen LogP contribution in [-0.2, 0) is 46.4 Å². The van der Waals surface area contributed by atoms with Crippen LogP contribution in [0.2, 0.25) is 0 Å². The number of nitrogens with zero attached hydrogens (tertiary/aromatic N) is 2. The first-order chi connectivity index (χ1) is 24.2. The van der Waals surface area contributed by atoms with E-state index in [9.17, 15) is 43.8 Å². The van der Waals surface area contributed by atoms with Gasteiger partial charge in [-0.2, -0.15) is 0 Å². The quantitative estimate of drug-likeness (QED) is 0.0508. The lowest BCUT2D eigenvalue weighted by molar-refractivity contribution is -0.136. The van der Waals surface area contributed by atoms with E-state index in [1.54, 1.807) is 0 Å². The summed E-state index contributed by atoms with van der Waals surface area (Å²) in [5, 5.41) is 34.3. The second-order valence-corrected chi connectivity index (χ2v) is 11.8. The molecule has 0 aliphatic heterocycles. The Morgan fingerprint density at radius 3 is 1.63 bits per heavy atom. The predicted octanol–water partition coefficient (Wildman–Crippen LogP) is -5.15. The molecular formula is C30H48N12O9. The number of rotatable bonds is 22. The number of nitrogens with two attached hydrogens (primary N) is 2. The number of aromatic nitrogens is 4. The van der Waals surface area contributed by atoms with E-state index in [1.807, 2.05) is 0 Å². The van der Waals surface area contributed by atoms with Gasteiger partial charge in [0.15, 0.2) is 0 Å². The molecule has 21 heteroatoms. The van der Waals surface area contributed by atoms with Crippen LogP contribution in [0.25, 0.3) is 0 Å². The lowest BCUT2D eigenvalue weighted by atomic mass is 10.1. The summed E-state index contributed by atoms with van der Waals surface area (Å²) < 4.78 is 0. The number of H-pyrrole nitrogens is 2. The monoisotopic (exact) mass is 720 g/mol. The third-order valence-corrected chi connectivity index (χ3v) is 7.52. The number of imidazole rings is 2. The lowest BCUT2D eigenvalue weighted by Crippen LogP contribution is -2.61. The number of carbonyl (C=O) groups is 7. The number of aliphatic hydroxyl groups excluding tert-OH is 2. The van der Waals surface area contributed by atoms with Gasteiger partial charge < -0.3 is 63.5 Å². The van der Waals surface area contributed by atoms with Crippen LogP contribution in [0.4, 0.5) is 0 Å². The van der Waals surface area contributed by atoms with Crippen LogP contribution in [0.3, 0.4) is 0 Å². The molecule has 0 aromatic carbocycles. The molecule has 2 aromatic heterocycles. The summed E-state index contributed by atoms with van der Waals surface area (Å²) in [4.78, 5) is 103. The molecule has 0 bridgehead atoms.